The first kappa shape index (κ1) is 14.4. The number of anilines is 1. The number of nitro benzene ring substituents is 1. The molecule has 0 spiro atoms. The molecule has 1 aliphatic rings. The van der Waals surface area contributed by atoms with Gasteiger partial charge in [-0.3, -0.25) is 14.9 Å². The van der Waals surface area contributed by atoms with E-state index in [1.165, 1.54) is 0 Å². The molecule has 0 aliphatic carbocycles. The van der Waals surface area contributed by atoms with Crippen LogP contribution in [0.3, 0.4) is 0 Å². The zero-order valence-corrected chi connectivity index (χ0v) is 10.8. The Bertz CT molecular complexity index is 566. The van der Waals surface area contributed by atoms with Crippen LogP contribution in [0.1, 0.15) is 6.92 Å². The van der Waals surface area contributed by atoms with Crippen molar-refractivity contribution in [3.63, 3.8) is 0 Å². The molecule has 0 aromatic heterocycles. The lowest BCUT2D eigenvalue weighted by molar-refractivity contribution is -0.384. The predicted molar refractivity (Wildman–Crippen MR) is 68.6 cm³/mol. The van der Waals surface area contributed by atoms with Crippen LogP contribution >= 0.6 is 0 Å². The molecule has 1 aromatic carbocycles. The summed E-state index contributed by atoms with van der Waals surface area (Å²) in [4.78, 5) is 22.3. The maximum atomic E-state index is 13.0. The van der Waals surface area contributed by atoms with E-state index < -0.39 is 33.8 Å². The van der Waals surface area contributed by atoms with Gasteiger partial charge in [-0.15, -0.1) is 0 Å². The lowest BCUT2D eigenvalue weighted by atomic mass is 9.85. The third kappa shape index (κ3) is 2.47. The number of nitrogens with zero attached hydrogens (tertiary/aromatic N) is 1. The number of nitrogens with one attached hydrogen (secondary N) is 1. The standard InChI is InChI=1S/C12H14FN3O4/c1-12(6-20-5-10(12)14)11(17)15-8-3-2-7(13)4-9(8)16(18)19/h2-4,10H,5-6,14H2,1H3,(H,15,17). The van der Waals surface area contributed by atoms with E-state index in [0.717, 1.165) is 18.2 Å². The number of carbonyl (C=O) groups is 1. The molecule has 108 valence electrons. The Hall–Kier alpha value is -2.06. The molecule has 7 nitrogen and oxygen atoms in total. The van der Waals surface area contributed by atoms with Crippen LogP contribution in [0.25, 0.3) is 0 Å². The number of nitro groups is 1. The molecule has 1 heterocycles. The zero-order valence-electron chi connectivity index (χ0n) is 10.8. The summed E-state index contributed by atoms with van der Waals surface area (Å²) in [5.41, 5.74) is 4.27. The number of hydrogen-bond donors (Lipinski definition) is 2. The van der Waals surface area contributed by atoms with Crippen molar-refractivity contribution in [2.75, 3.05) is 18.5 Å². The van der Waals surface area contributed by atoms with Gasteiger partial charge in [-0.2, -0.15) is 0 Å². The van der Waals surface area contributed by atoms with E-state index in [9.17, 15) is 19.3 Å². The summed E-state index contributed by atoms with van der Waals surface area (Å²) in [5, 5.41) is 13.3. The molecule has 1 saturated heterocycles. The van der Waals surface area contributed by atoms with Crippen molar-refractivity contribution in [3.05, 3.63) is 34.1 Å². The van der Waals surface area contributed by atoms with Gasteiger partial charge in [-0.05, 0) is 19.1 Å². The molecule has 0 saturated carbocycles. The highest BCUT2D eigenvalue weighted by Crippen LogP contribution is 2.31. The summed E-state index contributed by atoms with van der Waals surface area (Å²) in [6, 6.07) is 2.44. The lowest BCUT2D eigenvalue weighted by Gasteiger charge is -2.25. The van der Waals surface area contributed by atoms with Crippen molar-refractivity contribution in [3.8, 4) is 0 Å². The maximum Gasteiger partial charge on any atom is 0.295 e. The number of ether oxygens (including phenoxy) is 1. The minimum atomic E-state index is -0.970. The zero-order chi connectivity index (χ0) is 14.9. The van der Waals surface area contributed by atoms with Gasteiger partial charge in [0.2, 0.25) is 5.91 Å². The maximum absolute atomic E-state index is 13.0. The van der Waals surface area contributed by atoms with Gasteiger partial charge in [0.15, 0.2) is 0 Å². The normalized spacial score (nSPS) is 25.4. The van der Waals surface area contributed by atoms with Crippen LogP contribution in [0, 0.1) is 21.3 Å². The quantitative estimate of drug-likeness (QED) is 0.636. The van der Waals surface area contributed by atoms with Crippen molar-refractivity contribution in [2.45, 2.75) is 13.0 Å². The van der Waals surface area contributed by atoms with Crippen LogP contribution in [0.4, 0.5) is 15.8 Å². The fourth-order valence-corrected chi connectivity index (χ4v) is 1.95. The third-order valence-corrected chi connectivity index (χ3v) is 3.44. The molecule has 1 aliphatic heterocycles. The van der Waals surface area contributed by atoms with Crippen LogP contribution < -0.4 is 11.1 Å². The van der Waals surface area contributed by atoms with Crippen molar-refractivity contribution < 1.29 is 18.8 Å². The summed E-state index contributed by atoms with van der Waals surface area (Å²) in [6.07, 6.45) is 0. The van der Waals surface area contributed by atoms with E-state index in [4.69, 9.17) is 10.5 Å². The minimum Gasteiger partial charge on any atom is -0.379 e. The van der Waals surface area contributed by atoms with Gasteiger partial charge in [0.05, 0.1) is 29.6 Å². The van der Waals surface area contributed by atoms with Gasteiger partial charge in [0.25, 0.3) is 5.69 Å². The molecular formula is C12H14FN3O4. The Labute approximate surface area is 114 Å². The highest BCUT2D eigenvalue weighted by Gasteiger charge is 2.44. The first-order valence-corrected chi connectivity index (χ1v) is 5.93. The van der Waals surface area contributed by atoms with E-state index >= 15 is 0 Å². The molecule has 1 aromatic rings. The average molecular weight is 283 g/mol. The molecule has 2 rings (SSSR count). The Balaban J connectivity index is 2.26. The van der Waals surface area contributed by atoms with Crippen molar-refractivity contribution >= 4 is 17.3 Å². The summed E-state index contributed by atoms with van der Waals surface area (Å²) < 4.78 is 18.2. The van der Waals surface area contributed by atoms with E-state index in [1.807, 2.05) is 0 Å². The molecule has 8 heteroatoms. The van der Waals surface area contributed by atoms with Crippen molar-refractivity contribution in [2.24, 2.45) is 11.1 Å². The highest BCUT2D eigenvalue weighted by atomic mass is 19.1. The predicted octanol–water partition coefficient (Wildman–Crippen LogP) is 1.04. The van der Waals surface area contributed by atoms with Crippen LogP contribution in [-0.2, 0) is 9.53 Å². The van der Waals surface area contributed by atoms with Gasteiger partial charge < -0.3 is 15.8 Å². The Kier molecular flexibility index (Phi) is 3.69. The number of hydrogen-bond acceptors (Lipinski definition) is 5. The van der Waals surface area contributed by atoms with Crippen LogP contribution in [0.15, 0.2) is 18.2 Å². The van der Waals surface area contributed by atoms with Gasteiger partial charge in [-0.25, -0.2) is 4.39 Å². The second-order valence-electron chi connectivity index (χ2n) is 4.91. The molecule has 2 atom stereocenters. The summed E-state index contributed by atoms with van der Waals surface area (Å²) >= 11 is 0. The molecule has 2 unspecified atom stereocenters. The number of rotatable bonds is 3. The van der Waals surface area contributed by atoms with E-state index in [1.54, 1.807) is 6.92 Å². The van der Waals surface area contributed by atoms with Gasteiger partial charge in [0.1, 0.15) is 11.5 Å². The van der Waals surface area contributed by atoms with Gasteiger partial charge in [-0.1, -0.05) is 0 Å². The molecule has 0 radical (unpaired) electrons. The summed E-state index contributed by atoms with van der Waals surface area (Å²) in [5.74, 6) is -1.24. The third-order valence-electron chi connectivity index (χ3n) is 3.44. The second kappa shape index (κ2) is 5.14. The number of nitrogens with two attached hydrogens (primary N) is 1. The Morgan fingerprint density at radius 2 is 2.35 bits per heavy atom. The molecule has 3 N–H and O–H groups in total. The second-order valence-corrected chi connectivity index (χ2v) is 4.91. The molecule has 1 amide bonds. The lowest BCUT2D eigenvalue weighted by Crippen LogP contribution is -2.47. The molecular weight excluding hydrogens is 269 g/mol. The van der Waals surface area contributed by atoms with Gasteiger partial charge >= 0.3 is 0 Å². The largest absolute Gasteiger partial charge is 0.379 e. The van der Waals surface area contributed by atoms with Crippen molar-refractivity contribution in [1.29, 1.82) is 0 Å². The Morgan fingerprint density at radius 3 is 2.90 bits per heavy atom. The first-order chi connectivity index (χ1) is 9.34. The number of halogens is 1. The monoisotopic (exact) mass is 283 g/mol. The van der Waals surface area contributed by atoms with E-state index in [-0.39, 0.29) is 18.9 Å². The minimum absolute atomic E-state index is 0.0678. The SMILES string of the molecule is CC1(C(=O)Nc2ccc(F)cc2[N+](=O)[O-])COCC1N. The smallest absolute Gasteiger partial charge is 0.295 e. The fourth-order valence-electron chi connectivity index (χ4n) is 1.95. The van der Waals surface area contributed by atoms with Crippen molar-refractivity contribution in [1.82, 2.24) is 0 Å². The van der Waals surface area contributed by atoms with Crippen LogP contribution in [-0.4, -0.2) is 30.1 Å². The van der Waals surface area contributed by atoms with Crippen LogP contribution in [0.2, 0.25) is 0 Å². The van der Waals surface area contributed by atoms with Gasteiger partial charge in [0, 0.05) is 6.04 Å². The first-order valence-electron chi connectivity index (χ1n) is 5.93. The number of carbonyl (C=O) groups excluding carboxylic acids is 1. The van der Waals surface area contributed by atoms with E-state index in [0.29, 0.717) is 0 Å². The topological polar surface area (TPSA) is 107 Å². The highest BCUT2D eigenvalue weighted by molar-refractivity contribution is 5.97. The number of benzene rings is 1. The number of amides is 1. The molecule has 1 fully saturated rings. The molecule has 20 heavy (non-hydrogen) atoms. The molecule has 0 bridgehead atoms. The van der Waals surface area contributed by atoms with E-state index in [2.05, 4.69) is 5.32 Å². The summed E-state index contributed by atoms with van der Waals surface area (Å²) in [7, 11) is 0. The van der Waals surface area contributed by atoms with Crippen LogP contribution in [0.5, 0.6) is 0 Å². The average Bonchev–Trinajstić information content (AvgIpc) is 2.73. The Morgan fingerprint density at radius 1 is 1.65 bits per heavy atom. The summed E-state index contributed by atoms with van der Waals surface area (Å²) in [6.45, 7) is 2.00. The fraction of sp³-hybridized carbons (Fsp3) is 0.417.